The van der Waals surface area contributed by atoms with Crippen LogP contribution in [0.4, 0.5) is 11.5 Å². The number of nitro groups is 1. The van der Waals surface area contributed by atoms with Crippen molar-refractivity contribution in [2.75, 3.05) is 5.43 Å². The lowest BCUT2D eigenvalue weighted by molar-refractivity contribution is -0.385. The number of hydrogen-bond acceptors (Lipinski definition) is 6. The zero-order valence-electron chi connectivity index (χ0n) is 11.4. The summed E-state index contributed by atoms with van der Waals surface area (Å²) < 4.78 is 0. The second-order valence-electron chi connectivity index (χ2n) is 4.43. The van der Waals surface area contributed by atoms with E-state index in [9.17, 15) is 10.1 Å². The van der Waals surface area contributed by atoms with Crippen LogP contribution in [0.1, 0.15) is 5.56 Å². The molecule has 108 valence electrons. The van der Waals surface area contributed by atoms with Crippen LogP contribution in [-0.4, -0.2) is 21.1 Å². The predicted octanol–water partition coefficient (Wildman–Crippen LogP) is 2.98. The lowest BCUT2D eigenvalue weighted by Gasteiger charge is -2.03. The molecule has 0 bridgehead atoms. The van der Waals surface area contributed by atoms with Crippen LogP contribution >= 0.6 is 0 Å². The Hall–Kier alpha value is -3.35. The first kappa shape index (κ1) is 13.6. The minimum Gasteiger partial charge on any atom is -0.261 e. The minimum absolute atomic E-state index is 0.000551. The molecule has 0 aliphatic heterocycles. The van der Waals surface area contributed by atoms with Gasteiger partial charge in [0.25, 0.3) is 5.69 Å². The molecular weight excluding hydrogens is 282 g/mol. The monoisotopic (exact) mass is 293 g/mol. The summed E-state index contributed by atoms with van der Waals surface area (Å²) in [5.41, 5.74) is 4.01. The van der Waals surface area contributed by atoms with Crippen molar-refractivity contribution in [3.63, 3.8) is 0 Å². The van der Waals surface area contributed by atoms with Gasteiger partial charge in [0.1, 0.15) is 6.33 Å². The maximum atomic E-state index is 10.9. The summed E-state index contributed by atoms with van der Waals surface area (Å²) in [5, 5.41) is 15.8. The fourth-order valence-electron chi connectivity index (χ4n) is 2.02. The Morgan fingerprint density at radius 1 is 1.09 bits per heavy atom. The van der Waals surface area contributed by atoms with Crippen LogP contribution in [0.5, 0.6) is 0 Å². The van der Waals surface area contributed by atoms with Crippen LogP contribution in [0.3, 0.4) is 0 Å². The van der Waals surface area contributed by atoms with E-state index in [0.29, 0.717) is 11.4 Å². The molecule has 22 heavy (non-hydrogen) atoms. The van der Waals surface area contributed by atoms with E-state index in [0.717, 1.165) is 10.9 Å². The van der Waals surface area contributed by atoms with Gasteiger partial charge in [0, 0.05) is 11.5 Å². The Morgan fingerprint density at radius 3 is 2.73 bits per heavy atom. The Bertz CT molecular complexity index is 858. The molecule has 0 saturated heterocycles. The quantitative estimate of drug-likeness (QED) is 0.453. The summed E-state index contributed by atoms with van der Waals surface area (Å²) in [6.07, 6.45) is 2.83. The van der Waals surface area contributed by atoms with Crippen molar-refractivity contribution in [1.29, 1.82) is 0 Å². The summed E-state index contributed by atoms with van der Waals surface area (Å²) >= 11 is 0. The van der Waals surface area contributed by atoms with Gasteiger partial charge < -0.3 is 0 Å². The molecule has 0 saturated carbocycles. The predicted molar refractivity (Wildman–Crippen MR) is 83.9 cm³/mol. The van der Waals surface area contributed by atoms with Gasteiger partial charge in [-0.3, -0.25) is 15.5 Å². The molecule has 0 fully saturated rings. The molecule has 1 heterocycles. The average molecular weight is 293 g/mol. The van der Waals surface area contributed by atoms with E-state index in [1.54, 1.807) is 18.2 Å². The van der Waals surface area contributed by atoms with Gasteiger partial charge in [0.05, 0.1) is 22.2 Å². The Morgan fingerprint density at radius 2 is 1.86 bits per heavy atom. The molecule has 3 aromatic rings. The number of anilines is 1. The number of para-hydroxylation sites is 2. The van der Waals surface area contributed by atoms with E-state index in [4.69, 9.17) is 0 Å². The second-order valence-corrected chi connectivity index (χ2v) is 4.43. The van der Waals surface area contributed by atoms with E-state index >= 15 is 0 Å². The molecule has 7 heteroatoms. The van der Waals surface area contributed by atoms with E-state index in [-0.39, 0.29) is 5.69 Å². The smallest absolute Gasteiger partial charge is 0.261 e. The largest absolute Gasteiger partial charge is 0.278 e. The summed E-state index contributed by atoms with van der Waals surface area (Å²) in [4.78, 5) is 18.8. The topological polar surface area (TPSA) is 93.3 Å². The zero-order valence-corrected chi connectivity index (χ0v) is 11.4. The number of benzene rings is 2. The van der Waals surface area contributed by atoms with Crippen LogP contribution in [0, 0.1) is 10.1 Å². The lowest BCUT2D eigenvalue weighted by Crippen LogP contribution is -1.98. The van der Waals surface area contributed by atoms with Gasteiger partial charge in [-0.25, -0.2) is 9.97 Å². The molecule has 0 spiro atoms. The number of hydrazone groups is 1. The summed E-state index contributed by atoms with van der Waals surface area (Å²) in [5.74, 6) is 0.542. The average Bonchev–Trinajstić information content (AvgIpc) is 2.55. The number of nitrogens with one attached hydrogen (secondary N) is 1. The number of hydrogen-bond donors (Lipinski definition) is 1. The molecule has 1 aromatic heterocycles. The molecule has 0 amide bonds. The van der Waals surface area contributed by atoms with Crippen LogP contribution in [0.25, 0.3) is 10.9 Å². The van der Waals surface area contributed by atoms with E-state index in [1.807, 2.05) is 24.3 Å². The molecule has 0 unspecified atom stereocenters. The third-order valence-corrected chi connectivity index (χ3v) is 3.05. The molecule has 2 aromatic carbocycles. The van der Waals surface area contributed by atoms with Crippen molar-refractivity contribution in [3.8, 4) is 0 Å². The highest BCUT2D eigenvalue weighted by atomic mass is 16.6. The van der Waals surface area contributed by atoms with Gasteiger partial charge in [-0.2, -0.15) is 5.10 Å². The summed E-state index contributed by atoms with van der Waals surface area (Å²) in [6, 6.07) is 13.9. The van der Waals surface area contributed by atoms with Crippen molar-refractivity contribution in [2.24, 2.45) is 5.10 Å². The highest BCUT2D eigenvalue weighted by Gasteiger charge is 2.09. The molecule has 0 aliphatic rings. The third-order valence-electron chi connectivity index (χ3n) is 3.05. The third kappa shape index (κ3) is 2.73. The standard InChI is InChI=1S/C15H11N5O2/c21-20(22)14-8-4-1-5-11(14)9-18-19-15-12-6-2-3-7-13(12)16-10-17-15/h1-10H,(H,16,17,19)/b18-9-. The molecular formula is C15H11N5O2. The molecule has 0 radical (unpaired) electrons. The van der Waals surface area contributed by atoms with Gasteiger partial charge in [0.2, 0.25) is 0 Å². The van der Waals surface area contributed by atoms with Gasteiger partial charge in [-0.1, -0.05) is 24.3 Å². The molecule has 1 N–H and O–H groups in total. The number of fused-ring (bicyclic) bond motifs is 1. The van der Waals surface area contributed by atoms with Crippen LogP contribution in [0.15, 0.2) is 60.0 Å². The molecule has 0 atom stereocenters. The highest BCUT2D eigenvalue weighted by Crippen LogP contribution is 2.19. The van der Waals surface area contributed by atoms with Crippen molar-refractivity contribution in [3.05, 3.63) is 70.5 Å². The molecule has 7 nitrogen and oxygen atoms in total. The highest BCUT2D eigenvalue weighted by molar-refractivity contribution is 5.90. The minimum atomic E-state index is -0.443. The maximum absolute atomic E-state index is 10.9. The first-order chi connectivity index (χ1) is 10.8. The first-order valence-electron chi connectivity index (χ1n) is 6.48. The van der Waals surface area contributed by atoms with Crippen LogP contribution in [-0.2, 0) is 0 Å². The fourth-order valence-corrected chi connectivity index (χ4v) is 2.02. The summed E-state index contributed by atoms with van der Waals surface area (Å²) in [7, 11) is 0. The van der Waals surface area contributed by atoms with Gasteiger partial charge in [0.15, 0.2) is 5.82 Å². The number of nitro benzene ring substituents is 1. The zero-order chi connectivity index (χ0) is 15.4. The molecule has 0 aliphatic carbocycles. The fraction of sp³-hybridized carbons (Fsp3) is 0. The van der Waals surface area contributed by atoms with Gasteiger partial charge >= 0.3 is 0 Å². The van der Waals surface area contributed by atoms with Crippen molar-refractivity contribution in [1.82, 2.24) is 9.97 Å². The summed E-state index contributed by atoms with van der Waals surface area (Å²) in [6.45, 7) is 0. The van der Waals surface area contributed by atoms with Crippen molar-refractivity contribution in [2.45, 2.75) is 0 Å². The SMILES string of the molecule is O=[N+]([O-])c1ccccc1/C=N\Nc1ncnc2ccccc12. The van der Waals surface area contributed by atoms with Crippen molar-refractivity contribution < 1.29 is 4.92 Å². The Kier molecular flexibility index (Phi) is 3.69. The lowest BCUT2D eigenvalue weighted by atomic mass is 10.2. The normalized spacial score (nSPS) is 10.9. The second kappa shape index (κ2) is 5.96. The number of aromatic nitrogens is 2. The van der Waals surface area contributed by atoms with Gasteiger partial charge in [-0.15, -0.1) is 0 Å². The van der Waals surface area contributed by atoms with E-state index < -0.39 is 4.92 Å². The molecule has 3 rings (SSSR count). The number of rotatable bonds is 4. The maximum Gasteiger partial charge on any atom is 0.278 e. The van der Waals surface area contributed by atoms with Crippen LogP contribution in [0.2, 0.25) is 0 Å². The first-order valence-corrected chi connectivity index (χ1v) is 6.48. The Balaban J connectivity index is 1.87. The van der Waals surface area contributed by atoms with E-state index in [2.05, 4.69) is 20.5 Å². The van der Waals surface area contributed by atoms with E-state index in [1.165, 1.54) is 18.6 Å². The van der Waals surface area contributed by atoms with Crippen LogP contribution < -0.4 is 5.43 Å². The van der Waals surface area contributed by atoms with Gasteiger partial charge in [-0.05, 0) is 18.2 Å². The number of nitrogens with zero attached hydrogens (tertiary/aromatic N) is 4. The Labute approximate surface area is 125 Å². The van der Waals surface area contributed by atoms with Crippen molar-refractivity contribution >= 4 is 28.6 Å².